The first-order valence-electron chi connectivity index (χ1n) is 3.66. The molecule has 0 aliphatic rings. The van der Waals surface area contributed by atoms with Gasteiger partial charge in [-0.05, 0) is 6.07 Å². The van der Waals surface area contributed by atoms with Gasteiger partial charge in [0.2, 0.25) is 0 Å². The summed E-state index contributed by atoms with van der Waals surface area (Å²) in [5, 5.41) is 0. The summed E-state index contributed by atoms with van der Waals surface area (Å²) in [6.45, 7) is -0.0696. The molecule has 80 valence electrons. The van der Waals surface area contributed by atoms with Crippen LogP contribution in [-0.4, -0.2) is 6.54 Å². The molecule has 0 aliphatic heterocycles. The maximum absolute atomic E-state index is 12.9. The standard InChI is InChI=1S/C8H9F3N2.ClH/c9-4-1-5(7(13)3-12)8(11)6(10)2-4;/h1-2,7H,3,12-13H2;1H/t7-;/m0./s1. The van der Waals surface area contributed by atoms with Crippen LogP contribution in [0.3, 0.4) is 0 Å². The Kier molecular flexibility index (Phi) is 4.90. The fourth-order valence-corrected chi connectivity index (χ4v) is 0.973. The molecule has 0 unspecified atom stereocenters. The van der Waals surface area contributed by atoms with Crippen molar-refractivity contribution in [1.29, 1.82) is 0 Å². The monoisotopic (exact) mass is 226 g/mol. The summed E-state index contributed by atoms with van der Waals surface area (Å²) in [6, 6.07) is 0.420. The van der Waals surface area contributed by atoms with Gasteiger partial charge in [0.25, 0.3) is 0 Å². The van der Waals surface area contributed by atoms with E-state index in [0.29, 0.717) is 6.07 Å². The Labute approximate surface area is 85.5 Å². The van der Waals surface area contributed by atoms with Gasteiger partial charge in [-0.1, -0.05) is 0 Å². The number of halogens is 4. The summed E-state index contributed by atoms with van der Waals surface area (Å²) >= 11 is 0. The average Bonchev–Trinajstić information content (AvgIpc) is 2.10. The number of hydrogen-bond donors (Lipinski definition) is 2. The van der Waals surface area contributed by atoms with E-state index < -0.39 is 23.5 Å². The minimum Gasteiger partial charge on any atom is -0.329 e. The molecule has 0 radical (unpaired) electrons. The SMILES string of the molecule is Cl.NC[C@H](N)c1cc(F)cc(F)c1F. The molecule has 1 aromatic rings. The second-order valence-electron chi connectivity index (χ2n) is 2.63. The fourth-order valence-electron chi connectivity index (χ4n) is 0.973. The van der Waals surface area contributed by atoms with Gasteiger partial charge in [0, 0.05) is 24.2 Å². The first-order valence-corrected chi connectivity index (χ1v) is 3.66. The molecule has 0 aliphatic carbocycles. The number of rotatable bonds is 2. The van der Waals surface area contributed by atoms with Crippen LogP contribution in [0.25, 0.3) is 0 Å². The molecule has 0 amide bonds. The molecule has 2 nitrogen and oxygen atoms in total. The summed E-state index contributed by atoms with van der Waals surface area (Å²) in [5.74, 6) is -3.25. The molecule has 0 aromatic heterocycles. The van der Waals surface area contributed by atoms with E-state index in [2.05, 4.69) is 0 Å². The molecule has 1 atom stereocenters. The third-order valence-corrected chi connectivity index (χ3v) is 1.67. The maximum Gasteiger partial charge on any atom is 0.163 e. The molecular weight excluding hydrogens is 217 g/mol. The van der Waals surface area contributed by atoms with Crippen LogP contribution in [0.4, 0.5) is 13.2 Å². The molecular formula is C8H10ClF3N2. The molecule has 0 saturated heterocycles. The van der Waals surface area contributed by atoms with Crippen LogP contribution in [0.1, 0.15) is 11.6 Å². The minimum absolute atomic E-state index is 0. The largest absolute Gasteiger partial charge is 0.329 e. The third kappa shape index (κ3) is 2.60. The van der Waals surface area contributed by atoms with E-state index in [-0.39, 0.29) is 24.5 Å². The van der Waals surface area contributed by atoms with Crippen molar-refractivity contribution in [2.75, 3.05) is 6.54 Å². The van der Waals surface area contributed by atoms with E-state index in [1.807, 2.05) is 0 Å². The molecule has 14 heavy (non-hydrogen) atoms. The lowest BCUT2D eigenvalue weighted by molar-refractivity contribution is 0.475. The van der Waals surface area contributed by atoms with Gasteiger partial charge in [-0.25, -0.2) is 13.2 Å². The van der Waals surface area contributed by atoms with Crippen molar-refractivity contribution >= 4 is 12.4 Å². The first-order chi connectivity index (χ1) is 6.06. The zero-order valence-electron chi connectivity index (χ0n) is 7.14. The average molecular weight is 227 g/mol. The highest BCUT2D eigenvalue weighted by molar-refractivity contribution is 5.85. The zero-order valence-corrected chi connectivity index (χ0v) is 7.95. The molecule has 4 N–H and O–H groups in total. The second-order valence-corrected chi connectivity index (χ2v) is 2.63. The molecule has 1 rings (SSSR count). The molecule has 0 fully saturated rings. The summed E-state index contributed by atoms with van der Waals surface area (Å²) in [6.07, 6.45) is 0. The van der Waals surface area contributed by atoms with E-state index in [1.165, 1.54) is 0 Å². The Hall–Kier alpha value is -0.780. The fraction of sp³-hybridized carbons (Fsp3) is 0.250. The van der Waals surface area contributed by atoms with Crippen molar-refractivity contribution < 1.29 is 13.2 Å². The van der Waals surface area contributed by atoms with Gasteiger partial charge in [0.15, 0.2) is 11.6 Å². The van der Waals surface area contributed by atoms with Gasteiger partial charge in [0.05, 0.1) is 0 Å². The number of hydrogen-bond acceptors (Lipinski definition) is 2. The Morgan fingerprint density at radius 2 is 1.79 bits per heavy atom. The lowest BCUT2D eigenvalue weighted by Crippen LogP contribution is -2.22. The highest BCUT2D eigenvalue weighted by Crippen LogP contribution is 2.18. The topological polar surface area (TPSA) is 52.0 Å². The quantitative estimate of drug-likeness (QED) is 0.751. The Balaban J connectivity index is 0.00000169. The van der Waals surface area contributed by atoms with Gasteiger partial charge in [-0.3, -0.25) is 0 Å². The Bertz CT molecular complexity index is 320. The minimum atomic E-state index is -1.25. The van der Waals surface area contributed by atoms with Crippen LogP contribution < -0.4 is 11.5 Å². The lowest BCUT2D eigenvalue weighted by atomic mass is 10.1. The van der Waals surface area contributed by atoms with Crippen molar-refractivity contribution in [3.8, 4) is 0 Å². The molecule has 0 spiro atoms. The number of benzene rings is 1. The third-order valence-electron chi connectivity index (χ3n) is 1.67. The first kappa shape index (κ1) is 13.2. The van der Waals surface area contributed by atoms with Crippen molar-refractivity contribution in [1.82, 2.24) is 0 Å². The van der Waals surface area contributed by atoms with Gasteiger partial charge in [0.1, 0.15) is 5.82 Å². The van der Waals surface area contributed by atoms with Crippen LogP contribution >= 0.6 is 12.4 Å². The molecule has 0 heterocycles. The van der Waals surface area contributed by atoms with Crippen molar-refractivity contribution in [2.24, 2.45) is 11.5 Å². The van der Waals surface area contributed by atoms with Crippen LogP contribution in [0.5, 0.6) is 0 Å². The molecule has 0 bridgehead atoms. The van der Waals surface area contributed by atoms with Crippen LogP contribution in [-0.2, 0) is 0 Å². The maximum atomic E-state index is 12.9. The van der Waals surface area contributed by atoms with E-state index in [9.17, 15) is 13.2 Å². The van der Waals surface area contributed by atoms with Gasteiger partial charge < -0.3 is 11.5 Å². The summed E-state index contributed by atoms with van der Waals surface area (Å²) < 4.78 is 38.2. The summed E-state index contributed by atoms with van der Waals surface area (Å²) in [7, 11) is 0. The summed E-state index contributed by atoms with van der Waals surface area (Å²) in [4.78, 5) is 0. The lowest BCUT2D eigenvalue weighted by Gasteiger charge is -2.10. The highest BCUT2D eigenvalue weighted by Gasteiger charge is 2.15. The smallest absolute Gasteiger partial charge is 0.163 e. The zero-order chi connectivity index (χ0) is 10.0. The van der Waals surface area contributed by atoms with Crippen molar-refractivity contribution in [3.05, 3.63) is 35.1 Å². The predicted molar refractivity (Wildman–Crippen MR) is 49.5 cm³/mol. The van der Waals surface area contributed by atoms with Crippen LogP contribution in [0.2, 0.25) is 0 Å². The van der Waals surface area contributed by atoms with E-state index >= 15 is 0 Å². The van der Waals surface area contributed by atoms with E-state index in [1.54, 1.807) is 0 Å². The highest BCUT2D eigenvalue weighted by atomic mass is 35.5. The normalized spacial score (nSPS) is 12.1. The Morgan fingerprint density at radius 1 is 1.21 bits per heavy atom. The Morgan fingerprint density at radius 3 is 2.29 bits per heavy atom. The van der Waals surface area contributed by atoms with E-state index in [0.717, 1.165) is 6.07 Å². The molecule has 0 saturated carbocycles. The van der Waals surface area contributed by atoms with Crippen LogP contribution in [0.15, 0.2) is 12.1 Å². The van der Waals surface area contributed by atoms with Crippen LogP contribution in [0, 0.1) is 17.5 Å². The predicted octanol–water partition coefficient (Wildman–Crippen LogP) is 1.48. The van der Waals surface area contributed by atoms with Crippen molar-refractivity contribution in [3.63, 3.8) is 0 Å². The van der Waals surface area contributed by atoms with E-state index in [4.69, 9.17) is 11.5 Å². The number of nitrogens with two attached hydrogens (primary N) is 2. The summed E-state index contributed by atoms with van der Waals surface area (Å²) in [5.41, 5.74) is 10.2. The van der Waals surface area contributed by atoms with Crippen molar-refractivity contribution in [2.45, 2.75) is 6.04 Å². The molecule has 1 aromatic carbocycles. The van der Waals surface area contributed by atoms with Gasteiger partial charge in [-0.15, -0.1) is 12.4 Å². The van der Waals surface area contributed by atoms with Gasteiger partial charge in [-0.2, -0.15) is 0 Å². The molecule has 6 heteroatoms. The van der Waals surface area contributed by atoms with Gasteiger partial charge >= 0.3 is 0 Å². The second kappa shape index (κ2) is 5.19.